The van der Waals surface area contributed by atoms with Gasteiger partial charge in [0, 0.05) is 31.6 Å². The van der Waals surface area contributed by atoms with E-state index in [1.54, 1.807) is 0 Å². The van der Waals surface area contributed by atoms with Gasteiger partial charge in [0.25, 0.3) is 0 Å². The number of carbonyl (C=O) groups excluding carboxylic acids is 1. The molecule has 0 saturated heterocycles. The topological polar surface area (TPSA) is 40.5 Å². The van der Waals surface area contributed by atoms with Crippen molar-refractivity contribution in [3.8, 4) is 0 Å². The molecule has 0 bridgehead atoms. The fraction of sp³-hybridized carbons (Fsp3) is 0.296. The molecule has 0 spiro atoms. The van der Waals surface area contributed by atoms with Gasteiger partial charge >= 0.3 is 0 Å². The summed E-state index contributed by atoms with van der Waals surface area (Å²) in [6, 6.07) is 23.5. The van der Waals surface area contributed by atoms with Crippen molar-refractivity contribution in [3.05, 3.63) is 106 Å². The highest BCUT2D eigenvalue weighted by Crippen LogP contribution is 2.21. The van der Waals surface area contributed by atoms with E-state index in [1.165, 1.54) is 22.3 Å². The van der Waals surface area contributed by atoms with E-state index in [4.69, 9.17) is 0 Å². The second-order valence-electron chi connectivity index (χ2n) is 8.08. The minimum atomic E-state index is -0.593. The second kappa shape index (κ2) is 10.3. The largest absolute Gasteiger partial charge is 0.387 e. The summed E-state index contributed by atoms with van der Waals surface area (Å²) in [5.41, 5.74) is 6.66. The molecule has 1 N–H and O–H groups in total. The van der Waals surface area contributed by atoms with E-state index in [0.29, 0.717) is 26.1 Å². The molecule has 0 amide bonds. The molecule has 0 aliphatic carbocycles. The predicted octanol–water partition coefficient (Wildman–Crippen LogP) is 5.42. The lowest BCUT2D eigenvalue weighted by Crippen LogP contribution is -2.31. The Balaban J connectivity index is 1.76. The summed E-state index contributed by atoms with van der Waals surface area (Å²) in [4.78, 5) is 14.8. The van der Waals surface area contributed by atoms with Crippen molar-refractivity contribution in [1.29, 1.82) is 0 Å². The van der Waals surface area contributed by atoms with Crippen LogP contribution in [0.5, 0.6) is 0 Å². The van der Waals surface area contributed by atoms with E-state index in [0.717, 1.165) is 11.1 Å². The smallest absolute Gasteiger partial charge is 0.164 e. The van der Waals surface area contributed by atoms with Gasteiger partial charge in [-0.05, 0) is 43.0 Å². The lowest BCUT2D eigenvalue weighted by atomic mass is 9.98. The molecule has 0 fully saturated rings. The first kappa shape index (κ1) is 21.9. The number of aliphatic hydroxyl groups excluding tert-OH is 1. The van der Waals surface area contributed by atoms with E-state index in [1.807, 2.05) is 60.7 Å². The first-order valence-electron chi connectivity index (χ1n) is 10.5. The first-order valence-corrected chi connectivity index (χ1v) is 10.5. The first-order chi connectivity index (χ1) is 14.4. The zero-order chi connectivity index (χ0) is 21.5. The van der Waals surface area contributed by atoms with Crippen LogP contribution in [0.25, 0.3) is 0 Å². The van der Waals surface area contributed by atoms with Gasteiger partial charge in [-0.3, -0.25) is 9.69 Å². The third-order valence-corrected chi connectivity index (χ3v) is 5.59. The number of carbonyl (C=O) groups is 1. The SMILES string of the molecule is Cc1cc(C)c(CN(CCC(=O)c2ccccc2)CC(O)c2ccccc2)c(C)c1. The van der Waals surface area contributed by atoms with Crippen LogP contribution in [0.4, 0.5) is 0 Å². The average molecular weight is 402 g/mol. The number of Topliss-reactive ketones (excluding diaryl/α,β-unsaturated/α-hetero) is 1. The third-order valence-electron chi connectivity index (χ3n) is 5.59. The van der Waals surface area contributed by atoms with Gasteiger partial charge in [-0.1, -0.05) is 78.4 Å². The summed E-state index contributed by atoms with van der Waals surface area (Å²) in [6.07, 6.45) is -0.167. The minimum Gasteiger partial charge on any atom is -0.387 e. The molecule has 1 atom stereocenters. The molecule has 0 aliphatic heterocycles. The van der Waals surface area contributed by atoms with Gasteiger partial charge in [0.05, 0.1) is 6.10 Å². The number of aliphatic hydroxyl groups is 1. The molecule has 0 aliphatic rings. The normalized spacial score (nSPS) is 12.2. The number of ketones is 1. The van der Waals surface area contributed by atoms with E-state index in [-0.39, 0.29) is 5.78 Å². The van der Waals surface area contributed by atoms with Crippen LogP contribution in [0.3, 0.4) is 0 Å². The Hall–Kier alpha value is -2.75. The van der Waals surface area contributed by atoms with Crippen molar-refractivity contribution >= 4 is 5.78 Å². The van der Waals surface area contributed by atoms with Crippen molar-refractivity contribution in [2.75, 3.05) is 13.1 Å². The molecule has 3 aromatic rings. The number of hydrogen-bond acceptors (Lipinski definition) is 3. The predicted molar refractivity (Wildman–Crippen MR) is 123 cm³/mol. The lowest BCUT2D eigenvalue weighted by molar-refractivity contribution is 0.0893. The quantitative estimate of drug-likeness (QED) is 0.487. The Morgan fingerprint density at radius 3 is 2.07 bits per heavy atom. The van der Waals surface area contributed by atoms with Crippen molar-refractivity contribution in [1.82, 2.24) is 4.90 Å². The molecule has 3 heteroatoms. The molecule has 30 heavy (non-hydrogen) atoms. The maximum atomic E-state index is 12.6. The highest BCUT2D eigenvalue weighted by Gasteiger charge is 2.17. The molecular formula is C27H31NO2. The monoisotopic (exact) mass is 401 g/mol. The maximum absolute atomic E-state index is 12.6. The molecule has 0 saturated carbocycles. The lowest BCUT2D eigenvalue weighted by Gasteiger charge is -2.27. The molecule has 3 aromatic carbocycles. The highest BCUT2D eigenvalue weighted by molar-refractivity contribution is 5.96. The van der Waals surface area contributed by atoms with Crippen molar-refractivity contribution in [2.45, 2.75) is 39.8 Å². The van der Waals surface area contributed by atoms with Crippen LogP contribution >= 0.6 is 0 Å². The van der Waals surface area contributed by atoms with Crippen LogP contribution < -0.4 is 0 Å². The summed E-state index contributed by atoms with van der Waals surface area (Å²) in [5.74, 6) is 0.132. The summed E-state index contributed by atoms with van der Waals surface area (Å²) in [7, 11) is 0. The molecule has 1 unspecified atom stereocenters. The zero-order valence-electron chi connectivity index (χ0n) is 18.1. The number of rotatable bonds is 9. The van der Waals surface area contributed by atoms with Gasteiger partial charge in [-0.25, -0.2) is 0 Å². The fourth-order valence-electron chi connectivity index (χ4n) is 3.97. The van der Waals surface area contributed by atoms with Gasteiger partial charge in [-0.15, -0.1) is 0 Å². The highest BCUT2D eigenvalue weighted by atomic mass is 16.3. The zero-order valence-corrected chi connectivity index (χ0v) is 18.1. The summed E-state index contributed by atoms with van der Waals surface area (Å²) >= 11 is 0. The molecule has 156 valence electrons. The summed E-state index contributed by atoms with van der Waals surface area (Å²) in [6.45, 7) is 8.18. The van der Waals surface area contributed by atoms with Gasteiger partial charge in [-0.2, -0.15) is 0 Å². The summed E-state index contributed by atoms with van der Waals surface area (Å²) < 4.78 is 0. The van der Waals surface area contributed by atoms with E-state index >= 15 is 0 Å². The maximum Gasteiger partial charge on any atom is 0.164 e. The van der Waals surface area contributed by atoms with E-state index < -0.39 is 6.10 Å². The molecule has 0 heterocycles. The molecule has 0 aromatic heterocycles. The van der Waals surface area contributed by atoms with Crippen LogP contribution in [-0.4, -0.2) is 28.9 Å². The average Bonchev–Trinajstić information content (AvgIpc) is 2.75. The van der Waals surface area contributed by atoms with Crippen LogP contribution in [0.1, 0.15) is 50.7 Å². The minimum absolute atomic E-state index is 0.132. The van der Waals surface area contributed by atoms with Gasteiger partial charge in [0.15, 0.2) is 5.78 Å². The van der Waals surface area contributed by atoms with Crippen LogP contribution in [0.15, 0.2) is 72.8 Å². The van der Waals surface area contributed by atoms with E-state index in [2.05, 4.69) is 37.8 Å². The fourth-order valence-corrected chi connectivity index (χ4v) is 3.97. The molecule has 0 radical (unpaired) electrons. The molecule has 3 nitrogen and oxygen atoms in total. The standard InChI is InChI=1S/C27H31NO2/c1-20-16-21(2)25(22(3)17-20)18-28(19-27(30)24-12-8-5-9-13-24)15-14-26(29)23-10-6-4-7-11-23/h4-13,16-17,27,30H,14-15,18-19H2,1-3H3. The number of nitrogens with zero attached hydrogens (tertiary/aromatic N) is 1. The van der Waals surface area contributed by atoms with Crippen molar-refractivity contribution < 1.29 is 9.90 Å². The van der Waals surface area contributed by atoms with Crippen molar-refractivity contribution in [3.63, 3.8) is 0 Å². The second-order valence-corrected chi connectivity index (χ2v) is 8.08. The Bertz CT molecular complexity index is 944. The Morgan fingerprint density at radius 2 is 1.47 bits per heavy atom. The number of aryl methyl sites for hydroxylation is 3. The van der Waals surface area contributed by atoms with Crippen LogP contribution in [0.2, 0.25) is 0 Å². The summed E-state index contributed by atoms with van der Waals surface area (Å²) in [5, 5.41) is 10.8. The van der Waals surface area contributed by atoms with Crippen LogP contribution in [-0.2, 0) is 6.54 Å². The van der Waals surface area contributed by atoms with Gasteiger partial charge in [0.1, 0.15) is 0 Å². The van der Waals surface area contributed by atoms with Crippen LogP contribution in [0, 0.1) is 20.8 Å². The van der Waals surface area contributed by atoms with Crippen molar-refractivity contribution in [2.24, 2.45) is 0 Å². The Morgan fingerprint density at radius 1 is 0.900 bits per heavy atom. The number of benzene rings is 3. The Labute approximate surface area is 180 Å². The number of hydrogen-bond donors (Lipinski definition) is 1. The Kier molecular flexibility index (Phi) is 7.56. The van der Waals surface area contributed by atoms with E-state index in [9.17, 15) is 9.90 Å². The van der Waals surface area contributed by atoms with Gasteiger partial charge in [0.2, 0.25) is 0 Å². The molecule has 3 rings (SSSR count). The van der Waals surface area contributed by atoms with Gasteiger partial charge < -0.3 is 5.11 Å². The molecular weight excluding hydrogens is 370 g/mol. The third kappa shape index (κ3) is 5.88.